The molecule has 0 radical (unpaired) electrons. The molecule has 2 heterocycles. The van der Waals surface area contributed by atoms with Gasteiger partial charge in [-0.3, -0.25) is 13.9 Å². The van der Waals surface area contributed by atoms with Crippen LogP contribution in [0.1, 0.15) is 58.4 Å². The fourth-order valence-electron chi connectivity index (χ4n) is 4.01. The normalized spacial score (nSPS) is 19.7. The topological polar surface area (TPSA) is 127 Å². The van der Waals surface area contributed by atoms with Crippen molar-refractivity contribution in [3.63, 3.8) is 0 Å². The smallest absolute Gasteiger partial charge is 0.459 e. The number of carbonyl (C=O) groups excluding carboxylic acids is 1. The first-order valence-electron chi connectivity index (χ1n) is 13.0. The average Bonchev–Trinajstić information content (AvgIpc) is 3.35. The highest BCUT2D eigenvalue weighted by Gasteiger charge is 2.36. The van der Waals surface area contributed by atoms with Crippen molar-refractivity contribution >= 4 is 13.7 Å². The molecule has 0 spiro atoms. The Kier molecular flexibility index (Phi) is 11.5. The summed E-state index contributed by atoms with van der Waals surface area (Å²) in [6, 6.07) is 9.20. The maximum absolute atomic E-state index is 13.7. The van der Waals surface area contributed by atoms with Gasteiger partial charge in [-0.1, -0.05) is 44.9 Å². The highest BCUT2D eigenvalue weighted by Crippen LogP contribution is 2.45. The first kappa shape index (κ1) is 30.0. The quantitative estimate of drug-likeness (QED) is 0.252. The third-order valence-corrected chi connectivity index (χ3v) is 7.57. The van der Waals surface area contributed by atoms with E-state index >= 15 is 0 Å². The molecule has 1 aromatic heterocycles. The van der Waals surface area contributed by atoms with E-state index in [0.29, 0.717) is 18.1 Å². The zero-order valence-electron chi connectivity index (χ0n) is 22.4. The van der Waals surface area contributed by atoms with Crippen molar-refractivity contribution in [1.29, 1.82) is 0 Å². The van der Waals surface area contributed by atoms with Crippen molar-refractivity contribution in [1.82, 2.24) is 14.6 Å². The number of esters is 1. The fraction of sp³-hybridized carbons (Fsp3) is 0.577. The Morgan fingerprint density at radius 3 is 2.58 bits per heavy atom. The molecule has 1 saturated heterocycles. The minimum Gasteiger partial charge on any atom is -0.464 e. The maximum Gasteiger partial charge on any atom is 0.459 e. The van der Waals surface area contributed by atoms with E-state index in [1.807, 2.05) is 0 Å². The lowest BCUT2D eigenvalue weighted by Crippen LogP contribution is -2.36. The average molecular weight is 552 g/mol. The molecule has 1 aromatic carbocycles. The van der Waals surface area contributed by atoms with Crippen LogP contribution >= 0.6 is 7.75 Å². The third kappa shape index (κ3) is 9.03. The lowest BCUT2D eigenvalue weighted by atomic mass is 9.99. The van der Waals surface area contributed by atoms with Crippen molar-refractivity contribution in [2.24, 2.45) is 5.92 Å². The third-order valence-electron chi connectivity index (χ3n) is 5.92. The number of para-hydroxylation sites is 1. The van der Waals surface area contributed by atoms with Crippen LogP contribution in [0, 0.1) is 12.8 Å². The summed E-state index contributed by atoms with van der Waals surface area (Å²) in [4.78, 5) is 28.8. The number of carbonyl (C=O) groups is 1. The molecule has 1 N–H and O–H groups in total. The van der Waals surface area contributed by atoms with Gasteiger partial charge in [0.05, 0.1) is 13.2 Å². The summed E-state index contributed by atoms with van der Waals surface area (Å²) in [5, 5.41) is 2.67. The second kappa shape index (κ2) is 14.6. The molecule has 0 aliphatic carbocycles. The molecule has 210 valence electrons. The number of nitrogens with zero attached hydrogens (tertiary/aromatic N) is 2. The van der Waals surface area contributed by atoms with Crippen molar-refractivity contribution in [3.05, 3.63) is 58.8 Å². The van der Waals surface area contributed by atoms with E-state index in [4.69, 9.17) is 23.3 Å². The predicted octanol–water partition coefficient (Wildman–Crippen LogP) is 4.36. The Balaban J connectivity index is 1.62. The maximum atomic E-state index is 13.7. The summed E-state index contributed by atoms with van der Waals surface area (Å²) < 4.78 is 43.2. The zero-order valence-corrected chi connectivity index (χ0v) is 23.3. The van der Waals surface area contributed by atoms with Gasteiger partial charge in [0.25, 0.3) is 0 Å². The summed E-state index contributed by atoms with van der Waals surface area (Å²) in [6.45, 7) is 7.55. The molecule has 4 atom stereocenters. The van der Waals surface area contributed by atoms with Gasteiger partial charge in [-0.15, -0.1) is 0 Å². The number of nitrogens with one attached hydrogen (secondary N) is 1. The molecule has 11 nitrogen and oxygen atoms in total. The van der Waals surface area contributed by atoms with Crippen LogP contribution in [0.2, 0.25) is 0 Å². The lowest BCUT2D eigenvalue weighted by Gasteiger charge is -2.24. The van der Waals surface area contributed by atoms with Crippen molar-refractivity contribution in [2.45, 2.75) is 71.9 Å². The molecule has 1 aliphatic rings. The Hall–Kier alpha value is -2.56. The van der Waals surface area contributed by atoms with Crippen LogP contribution in [0.4, 0.5) is 0 Å². The lowest BCUT2D eigenvalue weighted by molar-refractivity contribution is -0.146. The van der Waals surface area contributed by atoms with Gasteiger partial charge in [0, 0.05) is 11.9 Å². The van der Waals surface area contributed by atoms with Crippen LogP contribution in [0.3, 0.4) is 0 Å². The first-order chi connectivity index (χ1) is 18.2. The molecule has 0 unspecified atom stereocenters. The van der Waals surface area contributed by atoms with Crippen molar-refractivity contribution in [3.8, 4) is 5.75 Å². The van der Waals surface area contributed by atoms with Gasteiger partial charge in [0.1, 0.15) is 18.4 Å². The molecule has 0 saturated carbocycles. The van der Waals surface area contributed by atoms with Gasteiger partial charge in [0.15, 0.2) is 12.5 Å². The number of rotatable bonds is 15. The molecule has 1 fully saturated rings. The highest BCUT2D eigenvalue weighted by molar-refractivity contribution is 7.52. The second-order valence-corrected chi connectivity index (χ2v) is 10.9. The molecule has 2 aromatic rings. The monoisotopic (exact) mass is 551 g/mol. The van der Waals surface area contributed by atoms with E-state index < -0.39 is 38.0 Å². The number of aryl methyl sites for hydroxylation is 1. The summed E-state index contributed by atoms with van der Waals surface area (Å²) in [5.74, 6) is 0.0197. The fourth-order valence-corrected chi connectivity index (χ4v) is 5.48. The van der Waals surface area contributed by atoms with Crippen LogP contribution in [0.5, 0.6) is 5.75 Å². The van der Waals surface area contributed by atoms with Crippen LogP contribution in [-0.2, 0) is 28.1 Å². The van der Waals surface area contributed by atoms with E-state index in [2.05, 4.69) is 23.9 Å². The summed E-state index contributed by atoms with van der Waals surface area (Å²) in [7, 11) is -4.08. The predicted molar refractivity (Wildman–Crippen MR) is 141 cm³/mol. The summed E-state index contributed by atoms with van der Waals surface area (Å²) >= 11 is 0. The Morgan fingerprint density at radius 1 is 1.21 bits per heavy atom. The molecule has 3 rings (SSSR count). The molecule has 0 bridgehead atoms. The summed E-state index contributed by atoms with van der Waals surface area (Å²) in [6.07, 6.45) is 3.89. The molecule has 0 amide bonds. The minimum absolute atomic E-state index is 0.0787. The van der Waals surface area contributed by atoms with Gasteiger partial charge < -0.3 is 18.7 Å². The number of ether oxygens (including phenoxy) is 3. The number of benzene rings is 1. The Bertz CT molecular complexity index is 1120. The molecular formula is C26H38N3O8P. The van der Waals surface area contributed by atoms with E-state index in [1.54, 1.807) is 49.5 Å². The van der Waals surface area contributed by atoms with Gasteiger partial charge in [-0.05, 0) is 50.8 Å². The molecule has 1 aliphatic heterocycles. The van der Waals surface area contributed by atoms with Gasteiger partial charge in [-0.2, -0.15) is 10.1 Å². The zero-order chi connectivity index (χ0) is 27.5. The molecular weight excluding hydrogens is 513 g/mol. The van der Waals surface area contributed by atoms with E-state index in [9.17, 15) is 14.2 Å². The highest BCUT2D eigenvalue weighted by atomic mass is 31.2. The van der Waals surface area contributed by atoms with Gasteiger partial charge in [-0.25, -0.2) is 9.36 Å². The van der Waals surface area contributed by atoms with E-state index in [1.165, 1.54) is 11.5 Å². The number of hydrogen-bond acceptors (Lipinski definition) is 9. The van der Waals surface area contributed by atoms with Gasteiger partial charge in [0.2, 0.25) is 0 Å². The van der Waals surface area contributed by atoms with Crippen LogP contribution < -0.4 is 15.3 Å². The number of hydrogen-bond donors (Lipinski definition) is 1. The van der Waals surface area contributed by atoms with Crippen LogP contribution in [0.25, 0.3) is 0 Å². The Morgan fingerprint density at radius 2 is 1.92 bits per heavy atom. The van der Waals surface area contributed by atoms with Gasteiger partial charge >= 0.3 is 19.4 Å². The van der Waals surface area contributed by atoms with Crippen LogP contribution in [0.15, 0.2) is 47.4 Å². The van der Waals surface area contributed by atoms with Crippen molar-refractivity contribution < 1.29 is 32.6 Å². The largest absolute Gasteiger partial charge is 0.464 e. The van der Waals surface area contributed by atoms with E-state index in [0.717, 1.165) is 25.7 Å². The molecule has 38 heavy (non-hydrogen) atoms. The van der Waals surface area contributed by atoms with E-state index in [-0.39, 0.29) is 19.1 Å². The summed E-state index contributed by atoms with van der Waals surface area (Å²) in [5.41, 5.74) is 0.126. The minimum atomic E-state index is -4.08. The number of aromatic nitrogens is 2. The van der Waals surface area contributed by atoms with Crippen LogP contribution in [-0.4, -0.2) is 47.7 Å². The van der Waals surface area contributed by atoms with Crippen molar-refractivity contribution in [2.75, 3.05) is 19.8 Å². The standard InChI is InChI=1S/C26H38N3O8P/c1-5-10-21(11-6-2)16-34-25(30)20(4)28-38(32,37-22-12-8-7-9-13-22)35-18-24-33-17-23(36-24)29-15-14-19(3)27-26(29)31/h7-9,12-15,20-21,23-24H,5-6,10-11,16-18H2,1-4H3,(H,28,32)/t20-,23-,24-,38+/m0/s1. The first-order valence-corrected chi connectivity index (χ1v) is 14.5. The second-order valence-electron chi connectivity index (χ2n) is 9.23. The molecule has 12 heteroatoms. The Labute approximate surface area is 223 Å². The SMILES string of the molecule is CCCC(CCC)COC(=O)[C@H](C)N[P@@](=O)(OC[C@H]1OC[C@@H](n2ccc(C)nc2=O)O1)Oc1ccccc1.